The molecule has 1 amide bonds. The van der Waals surface area contributed by atoms with E-state index in [0.29, 0.717) is 5.91 Å². The molecule has 1 unspecified atom stereocenters. The van der Waals surface area contributed by atoms with E-state index in [4.69, 9.17) is 9.47 Å². The van der Waals surface area contributed by atoms with Crippen molar-refractivity contribution in [2.45, 2.75) is 70.9 Å². The summed E-state index contributed by atoms with van der Waals surface area (Å²) in [5.74, 6) is 2.14. The Bertz CT molecular complexity index is 678. The van der Waals surface area contributed by atoms with Gasteiger partial charge in [-0.2, -0.15) is 0 Å². The molecule has 0 spiro atoms. The maximum absolute atomic E-state index is 12.5. The third kappa shape index (κ3) is 5.25. The minimum atomic E-state index is -0.0593. The van der Waals surface area contributed by atoms with E-state index in [1.54, 1.807) is 0 Å². The number of hydrogen-bond acceptors (Lipinski definition) is 4. The van der Waals surface area contributed by atoms with E-state index in [9.17, 15) is 4.79 Å². The fourth-order valence-electron chi connectivity index (χ4n) is 4.55. The second-order valence-corrected chi connectivity index (χ2v) is 9.37. The number of amides is 1. The third-order valence-corrected chi connectivity index (χ3v) is 6.92. The van der Waals surface area contributed by atoms with Gasteiger partial charge in [-0.15, -0.1) is 0 Å². The van der Waals surface area contributed by atoms with Crippen LogP contribution in [0.4, 0.5) is 0 Å². The van der Waals surface area contributed by atoms with E-state index in [0.717, 1.165) is 75.9 Å². The van der Waals surface area contributed by atoms with Gasteiger partial charge in [-0.1, -0.05) is 6.92 Å². The van der Waals surface area contributed by atoms with Crippen LogP contribution in [0.1, 0.15) is 58.8 Å². The number of likely N-dealkylation sites (tertiary alicyclic amines) is 2. The summed E-state index contributed by atoms with van der Waals surface area (Å²) in [5, 5.41) is 0. The van der Waals surface area contributed by atoms with Crippen molar-refractivity contribution in [3.63, 3.8) is 0 Å². The molecule has 29 heavy (non-hydrogen) atoms. The van der Waals surface area contributed by atoms with E-state index < -0.39 is 0 Å². The first-order chi connectivity index (χ1) is 14.0. The zero-order valence-corrected chi connectivity index (χ0v) is 18.1. The maximum Gasteiger partial charge on any atom is 0.228 e. The molecule has 0 N–H and O–H groups in total. The van der Waals surface area contributed by atoms with Crippen LogP contribution in [-0.2, 0) is 4.79 Å². The molecular weight excluding hydrogens is 364 g/mol. The van der Waals surface area contributed by atoms with Crippen LogP contribution in [0.3, 0.4) is 0 Å². The molecule has 2 aliphatic heterocycles. The zero-order valence-electron chi connectivity index (χ0n) is 18.1. The Morgan fingerprint density at radius 3 is 2.38 bits per heavy atom. The van der Waals surface area contributed by atoms with E-state index in [2.05, 4.69) is 18.7 Å². The fraction of sp³-hybridized carbons (Fsp3) is 0.708. The lowest BCUT2D eigenvalue weighted by molar-refractivity contribution is -0.138. The molecule has 3 fully saturated rings. The molecule has 0 aromatic heterocycles. The minimum Gasteiger partial charge on any atom is -0.494 e. The summed E-state index contributed by atoms with van der Waals surface area (Å²) >= 11 is 0. The van der Waals surface area contributed by atoms with Crippen LogP contribution in [0.15, 0.2) is 24.3 Å². The summed E-state index contributed by atoms with van der Waals surface area (Å²) in [6.07, 6.45) is 7.85. The lowest BCUT2D eigenvalue weighted by atomic mass is 10.0. The van der Waals surface area contributed by atoms with Gasteiger partial charge >= 0.3 is 0 Å². The Hall–Kier alpha value is -1.75. The lowest BCUT2D eigenvalue weighted by Gasteiger charge is -2.33. The molecule has 4 rings (SSSR count). The standard InChI is InChI=1S/C24H36N2O3/c1-19-5-3-14-25(19)15-4-18-28-20-6-8-21(9-7-20)29-22-10-16-26(17-11-22)23(27)24(2)12-13-24/h6-9,19,22H,3-5,10-18H2,1-2H3. The van der Waals surface area contributed by atoms with Gasteiger partial charge < -0.3 is 19.3 Å². The van der Waals surface area contributed by atoms with Gasteiger partial charge in [0.25, 0.3) is 0 Å². The number of hydrogen-bond donors (Lipinski definition) is 0. The molecule has 0 bridgehead atoms. The number of piperidine rings is 1. The third-order valence-electron chi connectivity index (χ3n) is 6.92. The number of rotatable bonds is 8. The number of carbonyl (C=O) groups excluding carboxylic acids is 1. The number of ether oxygens (including phenoxy) is 2. The maximum atomic E-state index is 12.5. The Kier molecular flexibility index (Phi) is 6.33. The summed E-state index contributed by atoms with van der Waals surface area (Å²) in [6, 6.07) is 8.73. The van der Waals surface area contributed by atoms with Gasteiger partial charge in [-0.25, -0.2) is 0 Å². The molecule has 2 heterocycles. The molecule has 1 aliphatic carbocycles. The van der Waals surface area contributed by atoms with Crippen LogP contribution in [0.25, 0.3) is 0 Å². The molecule has 1 atom stereocenters. The highest BCUT2D eigenvalue weighted by molar-refractivity contribution is 5.85. The van der Waals surface area contributed by atoms with E-state index in [1.807, 2.05) is 29.2 Å². The summed E-state index contributed by atoms with van der Waals surface area (Å²) in [5.41, 5.74) is -0.0593. The van der Waals surface area contributed by atoms with Gasteiger partial charge in [-0.3, -0.25) is 4.79 Å². The van der Waals surface area contributed by atoms with Crippen molar-refractivity contribution < 1.29 is 14.3 Å². The molecular formula is C24H36N2O3. The van der Waals surface area contributed by atoms with Gasteiger partial charge in [-0.05, 0) is 69.8 Å². The van der Waals surface area contributed by atoms with Crippen LogP contribution < -0.4 is 9.47 Å². The summed E-state index contributed by atoms with van der Waals surface area (Å²) < 4.78 is 12.0. The van der Waals surface area contributed by atoms with Crippen LogP contribution in [0.5, 0.6) is 11.5 Å². The Labute approximate surface area is 175 Å². The van der Waals surface area contributed by atoms with E-state index in [1.165, 1.54) is 19.4 Å². The van der Waals surface area contributed by atoms with Crippen LogP contribution in [0, 0.1) is 5.41 Å². The highest BCUT2D eigenvalue weighted by Gasteiger charge is 2.47. The Balaban J connectivity index is 1.15. The SMILES string of the molecule is CC1CCCN1CCCOc1ccc(OC2CCN(C(=O)C3(C)CC3)CC2)cc1. The molecule has 0 radical (unpaired) electrons. The summed E-state index contributed by atoms with van der Waals surface area (Å²) in [7, 11) is 0. The van der Waals surface area contributed by atoms with E-state index in [-0.39, 0.29) is 11.5 Å². The molecule has 1 aromatic carbocycles. The number of carbonyl (C=O) groups is 1. The summed E-state index contributed by atoms with van der Waals surface area (Å²) in [6.45, 7) is 9.17. The highest BCUT2D eigenvalue weighted by atomic mass is 16.5. The molecule has 3 aliphatic rings. The highest BCUT2D eigenvalue weighted by Crippen LogP contribution is 2.46. The van der Waals surface area contributed by atoms with Gasteiger partial charge in [0, 0.05) is 43.9 Å². The monoisotopic (exact) mass is 400 g/mol. The first-order valence-electron chi connectivity index (χ1n) is 11.5. The van der Waals surface area contributed by atoms with Crippen molar-refractivity contribution in [1.29, 1.82) is 0 Å². The molecule has 1 aromatic rings. The molecule has 160 valence electrons. The van der Waals surface area contributed by atoms with Crippen molar-refractivity contribution in [2.24, 2.45) is 5.41 Å². The van der Waals surface area contributed by atoms with Crippen LogP contribution in [0.2, 0.25) is 0 Å². The van der Waals surface area contributed by atoms with Crippen molar-refractivity contribution in [2.75, 3.05) is 32.8 Å². The quantitative estimate of drug-likeness (QED) is 0.616. The topological polar surface area (TPSA) is 42.0 Å². The largest absolute Gasteiger partial charge is 0.494 e. The van der Waals surface area contributed by atoms with Crippen molar-refractivity contribution in [3.05, 3.63) is 24.3 Å². The van der Waals surface area contributed by atoms with Crippen LogP contribution >= 0.6 is 0 Å². The Morgan fingerprint density at radius 1 is 1.07 bits per heavy atom. The normalized spacial score (nSPS) is 24.5. The van der Waals surface area contributed by atoms with Gasteiger partial charge in [0.1, 0.15) is 17.6 Å². The fourth-order valence-corrected chi connectivity index (χ4v) is 4.55. The Morgan fingerprint density at radius 2 is 1.76 bits per heavy atom. The molecule has 5 heteroatoms. The van der Waals surface area contributed by atoms with Crippen molar-refractivity contribution in [3.8, 4) is 11.5 Å². The minimum absolute atomic E-state index is 0.0593. The van der Waals surface area contributed by atoms with E-state index >= 15 is 0 Å². The average molecular weight is 401 g/mol. The first-order valence-corrected chi connectivity index (χ1v) is 11.5. The van der Waals surface area contributed by atoms with Gasteiger partial charge in [0.15, 0.2) is 0 Å². The summed E-state index contributed by atoms with van der Waals surface area (Å²) in [4.78, 5) is 17.0. The predicted octanol–water partition coefficient (Wildman–Crippen LogP) is 4.11. The molecule has 2 saturated heterocycles. The van der Waals surface area contributed by atoms with Crippen LogP contribution in [-0.4, -0.2) is 60.6 Å². The second-order valence-electron chi connectivity index (χ2n) is 9.37. The average Bonchev–Trinajstić information content (AvgIpc) is 3.36. The van der Waals surface area contributed by atoms with Crippen molar-refractivity contribution in [1.82, 2.24) is 9.80 Å². The molecule has 5 nitrogen and oxygen atoms in total. The second kappa shape index (κ2) is 8.95. The smallest absolute Gasteiger partial charge is 0.228 e. The first kappa shape index (κ1) is 20.5. The predicted molar refractivity (Wildman–Crippen MR) is 114 cm³/mol. The van der Waals surface area contributed by atoms with Gasteiger partial charge in [0.2, 0.25) is 5.91 Å². The zero-order chi connectivity index (χ0) is 20.3. The molecule has 1 saturated carbocycles. The number of benzene rings is 1. The lowest BCUT2D eigenvalue weighted by Crippen LogP contribution is -2.44. The van der Waals surface area contributed by atoms with Crippen molar-refractivity contribution >= 4 is 5.91 Å². The van der Waals surface area contributed by atoms with Gasteiger partial charge in [0.05, 0.1) is 6.61 Å². The number of nitrogens with zero attached hydrogens (tertiary/aromatic N) is 2.